The summed E-state index contributed by atoms with van der Waals surface area (Å²) in [6.07, 6.45) is 2.64. The number of thioether (sulfide) groups is 1. The van der Waals surface area contributed by atoms with Crippen LogP contribution >= 0.6 is 11.8 Å². The molecule has 0 saturated carbocycles. The molecule has 1 aromatic heterocycles. The molecule has 98 valence electrons. The number of aromatic nitrogens is 1. The van der Waals surface area contributed by atoms with Crippen molar-refractivity contribution < 1.29 is 14.7 Å². The van der Waals surface area contributed by atoms with Gasteiger partial charge in [0.1, 0.15) is 12.2 Å². The van der Waals surface area contributed by atoms with Crippen LogP contribution in [0, 0.1) is 0 Å². The molecule has 1 amide bonds. The van der Waals surface area contributed by atoms with E-state index in [1.54, 1.807) is 12.3 Å². The van der Waals surface area contributed by atoms with Gasteiger partial charge in [-0.05, 0) is 24.3 Å². The lowest BCUT2D eigenvalue weighted by atomic mass is 10.3. The second-order valence-corrected chi connectivity index (χ2v) is 5.40. The van der Waals surface area contributed by atoms with Crippen LogP contribution in [0.3, 0.4) is 0 Å². The van der Waals surface area contributed by atoms with Crippen LogP contribution in [0.5, 0.6) is 0 Å². The standard InChI is InChI=1S/C12H16N2O3S/c15-11(13-5-2-7-18-8-6-13)9-14-4-1-3-10(14)12(16)17/h1,3-4H,2,5-9H2,(H,16,17). The summed E-state index contributed by atoms with van der Waals surface area (Å²) in [6, 6.07) is 3.16. The summed E-state index contributed by atoms with van der Waals surface area (Å²) in [5.41, 5.74) is 0.160. The lowest BCUT2D eigenvalue weighted by molar-refractivity contribution is -0.131. The Morgan fingerprint density at radius 3 is 2.94 bits per heavy atom. The number of amides is 1. The molecule has 18 heavy (non-hydrogen) atoms. The van der Waals surface area contributed by atoms with E-state index in [-0.39, 0.29) is 18.1 Å². The van der Waals surface area contributed by atoms with Crippen molar-refractivity contribution in [1.29, 1.82) is 0 Å². The van der Waals surface area contributed by atoms with E-state index < -0.39 is 5.97 Å². The predicted octanol–water partition coefficient (Wildman–Crippen LogP) is 1.15. The van der Waals surface area contributed by atoms with Gasteiger partial charge in [0.25, 0.3) is 0 Å². The Balaban J connectivity index is 2.01. The zero-order valence-electron chi connectivity index (χ0n) is 10.0. The fraction of sp³-hybridized carbons (Fsp3) is 0.500. The molecule has 0 aliphatic carbocycles. The van der Waals surface area contributed by atoms with E-state index >= 15 is 0 Å². The first-order chi connectivity index (χ1) is 8.68. The number of aromatic carboxylic acids is 1. The van der Waals surface area contributed by atoms with Crippen molar-refractivity contribution >= 4 is 23.6 Å². The fourth-order valence-corrected chi connectivity index (χ4v) is 2.87. The highest BCUT2D eigenvalue weighted by Crippen LogP contribution is 2.11. The average molecular weight is 268 g/mol. The zero-order valence-corrected chi connectivity index (χ0v) is 10.9. The molecular weight excluding hydrogens is 252 g/mol. The topological polar surface area (TPSA) is 62.5 Å². The number of nitrogens with zero attached hydrogens (tertiary/aromatic N) is 2. The molecular formula is C12H16N2O3S. The summed E-state index contributed by atoms with van der Waals surface area (Å²) in [6.45, 7) is 1.64. The lowest BCUT2D eigenvalue weighted by Gasteiger charge is -2.20. The average Bonchev–Trinajstić information content (AvgIpc) is 2.63. The lowest BCUT2D eigenvalue weighted by Crippen LogP contribution is -2.35. The Hall–Kier alpha value is -1.43. The minimum Gasteiger partial charge on any atom is -0.477 e. The summed E-state index contributed by atoms with van der Waals surface area (Å²) in [5, 5.41) is 8.97. The van der Waals surface area contributed by atoms with Crippen molar-refractivity contribution in [2.45, 2.75) is 13.0 Å². The van der Waals surface area contributed by atoms with Crippen LogP contribution in [-0.2, 0) is 11.3 Å². The Labute approximate surface area is 110 Å². The molecule has 1 N–H and O–H groups in total. The van der Waals surface area contributed by atoms with E-state index in [0.29, 0.717) is 0 Å². The van der Waals surface area contributed by atoms with Gasteiger partial charge in [-0.25, -0.2) is 4.79 Å². The molecule has 2 rings (SSSR count). The summed E-state index contributed by atoms with van der Waals surface area (Å²) >= 11 is 1.86. The van der Waals surface area contributed by atoms with Crippen molar-refractivity contribution in [3.63, 3.8) is 0 Å². The molecule has 0 bridgehead atoms. The van der Waals surface area contributed by atoms with Crippen LogP contribution in [0.2, 0.25) is 0 Å². The van der Waals surface area contributed by atoms with Crippen molar-refractivity contribution in [3.8, 4) is 0 Å². The molecule has 5 nitrogen and oxygen atoms in total. The van der Waals surface area contributed by atoms with E-state index in [1.807, 2.05) is 16.7 Å². The number of carbonyl (C=O) groups excluding carboxylic acids is 1. The maximum absolute atomic E-state index is 12.1. The summed E-state index contributed by atoms with van der Waals surface area (Å²) < 4.78 is 1.49. The molecule has 0 aromatic carbocycles. The smallest absolute Gasteiger partial charge is 0.352 e. The Bertz CT molecular complexity index is 436. The number of carbonyl (C=O) groups is 2. The molecule has 6 heteroatoms. The van der Waals surface area contributed by atoms with Gasteiger partial charge < -0.3 is 14.6 Å². The summed E-state index contributed by atoms with van der Waals surface area (Å²) in [5.74, 6) is 1.05. The van der Waals surface area contributed by atoms with Crippen molar-refractivity contribution in [2.75, 3.05) is 24.6 Å². The van der Waals surface area contributed by atoms with E-state index in [4.69, 9.17) is 5.11 Å². The molecule has 0 radical (unpaired) electrons. The van der Waals surface area contributed by atoms with Gasteiger partial charge in [0, 0.05) is 25.0 Å². The van der Waals surface area contributed by atoms with Gasteiger partial charge in [-0.3, -0.25) is 4.79 Å². The zero-order chi connectivity index (χ0) is 13.0. The molecule has 1 saturated heterocycles. The first-order valence-electron chi connectivity index (χ1n) is 5.92. The van der Waals surface area contributed by atoms with Gasteiger partial charge in [-0.15, -0.1) is 0 Å². The molecule has 1 aliphatic heterocycles. The van der Waals surface area contributed by atoms with Gasteiger partial charge in [0.15, 0.2) is 0 Å². The highest BCUT2D eigenvalue weighted by atomic mass is 32.2. The second-order valence-electron chi connectivity index (χ2n) is 4.17. The van der Waals surface area contributed by atoms with Gasteiger partial charge in [-0.1, -0.05) is 0 Å². The minimum absolute atomic E-state index is 0.00352. The third kappa shape index (κ3) is 3.07. The van der Waals surface area contributed by atoms with Crippen LogP contribution < -0.4 is 0 Å². The Kier molecular flexibility index (Phi) is 4.30. The number of carboxylic acids is 1. The first-order valence-corrected chi connectivity index (χ1v) is 7.08. The largest absolute Gasteiger partial charge is 0.477 e. The van der Waals surface area contributed by atoms with E-state index in [1.165, 1.54) is 10.6 Å². The number of rotatable bonds is 3. The molecule has 0 atom stereocenters. The normalized spacial score (nSPS) is 16.3. The van der Waals surface area contributed by atoms with Crippen molar-refractivity contribution in [3.05, 3.63) is 24.0 Å². The van der Waals surface area contributed by atoms with Gasteiger partial charge in [0.2, 0.25) is 5.91 Å². The minimum atomic E-state index is -1.00. The molecule has 1 aliphatic rings. The number of carboxylic acid groups (broad SMARTS) is 1. The highest BCUT2D eigenvalue weighted by molar-refractivity contribution is 7.99. The third-order valence-corrected chi connectivity index (χ3v) is 3.98. The van der Waals surface area contributed by atoms with Gasteiger partial charge >= 0.3 is 5.97 Å². The van der Waals surface area contributed by atoms with Crippen LogP contribution in [0.1, 0.15) is 16.9 Å². The number of hydrogen-bond donors (Lipinski definition) is 1. The van der Waals surface area contributed by atoms with E-state index in [9.17, 15) is 9.59 Å². The maximum atomic E-state index is 12.1. The monoisotopic (exact) mass is 268 g/mol. The fourth-order valence-electron chi connectivity index (χ4n) is 1.99. The SMILES string of the molecule is O=C(O)c1cccn1CC(=O)N1CCCSCC1. The highest BCUT2D eigenvalue weighted by Gasteiger charge is 2.18. The summed E-state index contributed by atoms with van der Waals surface area (Å²) in [7, 11) is 0. The van der Waals surface area contributed by atoms with Crippen molar-refractivity contribution in [2.24, 2.45) is 0 Å². The molecule has 1 aromatic rings. The molecule has 2 heterocycles. The predicted molar refractivity (Wildman–Crippen MR) is 69.9 cm³/mol. The quantitative estimate of drug-likeness (QED) is 0.893. The number of hydrogen-bond acceptors (Lipinski definition) is 3. The van der Waals surface area contributed by atoms with Crippen LogP contribution in [0.25, 0.3) is 0 Å². The van der Waals surface area contributed by atoms with Crippen molar-refractivity contribution in [1.82, 2.24) is 9.47 Å². The van der Waals surface area contributed by atoms with E-state index in [2.05, 4.69) is 0 Å². The third-order valence-electron chi connectivity index (χ3n) is 2.93. The van der Waals surface area contributed by atoms with Gasteiger partial charge in [0.05, 0.1) is 0 Å². The van der Waals surface area contributed by atoms with E-state index in [0.717, 1.165) is 31.0 Å². The first kappa shape index (κ1) is 13.0. The molecule has 0 spiro atoms. The Morgan fingerprint density at radius 2 is 2.17 bits per heavy atom. The summed E-state index contributed by atoms with van der Waals surface area (Å²) in [4.78, 5) is 24.9. The molecule has 0 unspecified atom stereocenters. The molecule has 1 fully saturated rings. The van der Waals surface area contributed by atoms with Crippen LogP contribution in [-0.4, -0.2) is 51.0 Å². The van der Waals surface area contributed by atoms with Crippen LogP contribution in [0.4, 0.5) is 0 Å². The Morgan fingerprint density at radius 1 is 1.33 bits per heavy atom. The second kappa shape index (κ2) is 5.95. The van der Waals surface area contributed by atoms with Crippen LogP contribution in [0.15, 0.2) is 18.3 Å². The maximum Gasteiger partial charge on any atom is 0.352 e. The van der Waals surface area contributed by atoms with Gasteiger partial charge in [-0.2, -0.15) is 11.8 Å².